The molecule has 2 N–H and O–H groups in total. The van der Waals surface area contributed by atoms with Crippen molar-refractivity contribution in [3.63, 3.8) is 0 Å². The van der Waals surface area contributed by atoms with Gasteiger partial charge in [0, 0.05) is 16.0 Å². The van der Waals surface area contributed by atoms with Crippen molar-refractivity contribution < 1.29 is 13.2 Å². The molecule has 0 aliphatic heterocycles. The number of aryl methyl sites for hydroxylation is 1. The number of aromatic amines is 1. The van der Waals surface area contributed by atoms with Crippen LogP contribution in [0.25, 0.3) is 22.3 Å². The number of rotatable bonds is 3. The Morgan fingerprint density at radius 2 is 1.77 bits per heavy atom. The highest BCUT2D eigenvalue weighted by molar-refractivity contribution is 14.1. The van der Waals surface area contributed by atoms with Crippen LogP contribution in [0.5, 0.6) is 0 Å². The van der Waals surface area contributed by atoms with E-state index in [1.807, 2.05) is 4.93 Å². The topological polar surface area (TPSA) is 79.4 Å². The maximum atomic E-state index is 13.4. The number of fused-ring (bicyclic) bond motifs is 1. The number of H-pyrrole nitrogens is 1. The maximum absolute atomic E-state index is 13.4. The van der Waals surface area contributed by atoms with E-state index >= 15 is 0 Å². The normalized spacial score (nSPS) is 11.2. The molecule has 0 saturated carbocycles. The van der Waals surface area contributed by atoms with Crippen molar-refractivity contribution in [2.24, 2.45) is 0 Å². The molecular formula is C19H15ClF3IN6. The van der Waals surface area contributed by atoms with Crippen molar-refractivity contribution in [2.75, 3.05) is 10.2 Å². The van der Waals surface area contributed by atoms with Crippen molar-refractivity contribution in [2.45, 2.75) is 13.1 Å². The Balaban J connectivity index is 0.00000124. The summed E-state index contributed by atoms with van der Waals surface area (Å²) in [7, 11) is 0. The zero-order valence-electron chi connectivity index (χ0n) is 15.7. The summed E-state index contributed by atoms with van der Waals surface area (Å²) in [5.41, 5.74) is -0.564. The second kappa shape index (κ2) is 9.13. The lowest BCUT2D eigenvalue weighted by atomic mass is 10.1. The van der Waals surface area contributed by atoms with E-state index in [4.69, 9.17) is 11.6 Å². The van der Waals surface area contributed by atoms with Gasteiger partial charge in [-0.1, -0.05) is 52.4 Å². The minimum Gasteiger partial charge on any atom is -0.307 e. The van der Waals surface area contributed by atoms with E-state index in [1.54, 1.807) is 25.1 Å². The molecule has 6 nitrogen and oxygen atoms in total. The van der Waals surface area contributed by atoms with Gasteiger partial charge in [-0.25, -0.2) is 9.97 Å². The van der Waals surface area contributed by atoms with Crippen LogP contribution < -0.4 is 5.32 Å². The van der Waals surface area contributed by atoms with E-state index < -0.39 is 11.7 Å². The molecular weight excluding hydrogens is 532 g/mol. The lowest BCUT2D eigenvalue weighted by molar-refractivity contribution is -0.137. The average molecular weight is 547 g/mol. The lowest BCUT2D eigenvalue weighted by Gasteiger charge is -2.14. The Labute approximate surface area is 188 Å². The molecule has 0 radical (unpaired) electrons. The van der Waals surface area contributed by atoms with Crippen LogP contribution in [0, 0.1) is 6.92 Å². The number of alkyl halides is 4. The predicted molar refractivity (Wildman–Crippen MR) is 119 cm³/mol. The van der Waals surface area contributed by atoms with E-state index in [-0.39, 0.29) is 23.2 Å². The first-order chi connectivity index (χ1) is 14.3. The van der Waals surface area contributed by atoms with E-state index in [0.717, 1.165) is 6.07 Å². The van der Waals surface area contributed by atoms with Crippen molar-refractivity contribution in [3.8, 4) is 11.4 Å². The van der Waals surface area contributed by atoms with Gasteiger partial charge in [0.05, 0.1) is 11.1 Å². The maximum Gasteiger partial charge on any atom is 0.417 e. The Bertz CT molecular complexity index is 1180. The lowest BCUT2D eigenvalue weighted by Crippen LogP contribution is -2.09. The van der Waals surface area contributed by atoms with Crippen LogP contribution in [-0.2, 0) is 6.18 Å². The number of nitrogens with zero attached hydrogens (tertiary/aromatic N) is 4. The third-order valence-corrected chi connectivity index (χ3v) is 4.19. The van der Waals surface area contributed by atoms with Crippen LogP contribution >= 0.6 is 34.2 Å². The number of benzene rings is 2. The van der Waals surface area contributed by atoms with Gasteiger partial charge in [0.1, 0.15) is 11.6 Å². The number of anilines is 2. The molecule has 4 rings (SSSR count). The molecule has 156 valence electrons. The Morgan fingerprint density at radius 3 is 2.43 bits per heavy atom. The molecule has 0 fully saturated rings. The first-order valence-electron chi connectivity index (χ1n) is 8.49. The highest BCUT2D eigenvalue weighted by Crippen LogP contribution is 2.37. The monoisotopic (exact) mass is 546 g/mol. The number of nitrogens with one attached hydrogen (secondary N) is 2. The van der Waals surface area contributed by atoms with Crippen molar-refractivity contribution >= 4 is 56.9 Å². The minimum absolute atomic E-state index is 0.0857. The van der Waals surface area contributed by atoms with Crippen molar-refractivity contribution in [3.05, 3.63) is 58.9 Å². The fourth-order valence-corrected chi connectivity index (χ4v) is 2.91. The summed E-state index contributed by atoms with van der Waals surface area (Å²) in [5, 5.41) is 10.6. The van der Waals surface area contributed by atoms with Crippen LogP contribution in [0.3, 0.4) is 0 Å². The first-order valence-corrected chi connectivity index (χ1v) is 11.0. The summed E-state index contributed by atoms with van der Waals surface area (Å²) < 4.78 is 40.3. The largest absolute Gasteiger partial charge is 0.417 e. The molecule has 2 aromatic carbocycles. The Hall–Kier alpha value is -2.47. The zero-order valence-corrected chi connectivity index (χ0v) is 18.6. The molecule has 0 aliphatic carbocycles. The van der Waals surface area contributed by atoms with E-state index in [0.29, 0.717) is 21.7 Å². The fraction of sp³-hybridized carbons (Fsp3) is 0.158. The molecule has 0 bridgehead atoms. The molecule has 0 atom stereocenters. The summed E-state index contributed by atoms with van der Waals surface area (Å²) in [6.45, 7) is 1.72. The van der Waals surface area contributed by atoms with Crippen LogP contribution in [0.4, 0.5) is 24.9 Å². The van der Waals surface area contributed by atoms with Gasteiger partial charge in [0.25, 0.3) is 0 Å². The van der Waals surface area contributed by atoms with Gasteiger partial charge in [-0.2, -0.15) is 18.2 Å². The second-order valence-corrected chi connectivity index (χ2v) is 6.41. The Morgan fingerprint density at radius 1 is 1.03 bits per heavy atom. The molecule has 0 unspecified atom stereocenters. The van der Waals surface area contributed by atoms with Gasteiger partial charge < -0.3 is 5.32 Å². The van der Waals surface area contributed by atoms with Crippen LogP contribution in [0.1, 0.15) is 11.4 Å². The van der Waals surface area contributed by atoms with Gasteiger partial charge in [0.15, 0.2) is 5.82 Å². The van der Waals surface area contributed by atoms with Crippen LogP contribution in [0.2, 0.25) is 5.02 Å². The van der Waals surface area contributed by atoms with Crippen LogP contribution in [-0.4, -0.2) is 30.1 Å². The summed E-state index contributed by atoms with van der Waals surface area (Å²) in [6.07, 6.45) is -4.54. The van der Waals surface area contributed by atoms with Crippen molar-refractivity contribution in [1.29, 1.82) is 0 Å². The van der Waals surface area contributed by atoms with E-state index in [1.165, 1.54) is 18.2 Å². The Kier molecular flexibility index (Phi) is 6.76. The van der Waals surface area contributed by atoms with E-state index in [9.17, 15) is 13.2 Å². The summed E-state index contributed by atoms with van der Waals surface area (Å²) in [6, 6.07) is 10.0. The smallest absolute Gasteiger partial charge is 0.307 e. The molecule has 2 aromatic heterocycles. The molecule has 4 aromatic rings. The molecule has 0 spiro atoms. The standard InChI is InChI=1S/C18H12ClF3N6.CH3I/c1-9-23-17(28-27-9)26-16-12-7-6-10(19)8-14(12)24-15(25-16)11-4-2-3-5-13(11)18(20,21)22;1-2/h2-8H,1H3,(H2,23,24,25,26,27,28);1H3. The average Bonchev–Trinajstić information content (AvgIpc) is 3.13. The molecule has 0 aliphatic rings. The number of aromatic nitrogens is 5. The predicted octanol–water partition coefficient (Wildman–Crippen LogP) is 6.19. The van der Waals surface area contributed by atoms with Crippen LogP contribution in [0.15, 0.2) is 42.5 Å². The number of hydrogen-bond acceptors (Lipinski definition) is 5. The zero-order chi connectivity index (χ0) is 21.9. The summed E-state index contributed by atoms with van der Waals surface area (Å²) in [4.78, 5) is 14.7. The molecule has 30 heavy (non-hydrogen) atoms. The highest BCUT2D eigenvalue weighted by Gasteiger charge is 2.34. The molecule has 11 heteroatoms. The third-order valence-electron chi connectivity index (χ3n) is 3.96. The molecule has 2 heterocycles. The SMILES string of the molecule is CI.Cc1nc(Nc2nc(-c3ccccc3C(F)(F)F)nc3cc(Cl)ccc23)n[nH]1. The van der Waals surface area contributed by atoms with E-state index in [2.05, 4.69) is 53.1 Å². The van der Waals surface area contributed by atoms with Crippen molar-refractivity contribution in [1.82, 2.24) is 25.1 Å². The highest BCUT2D eigenvalue weighted by atomic mass is 127. The van der Waals surface area contributed by atoms with Gasteiger partial charge in [-0.15, -0.1) is 5.10 Å². The van der Waals surface area contributed by atoms with Gasteiger partial charge in [-0.3, -0.25) is 5.10 Å². The van der Waals surface area contributed by atoms with Gasteiger partial charge in [0.2, 0.25) is 5.95 Å². The summed E-state index contributed by atoms with van der Waals surface area (Å²) in [5.74, 6) is 0.999. The molecule has 0 amide bonds. The molecule has 0 saturated heterocycles. The fourth-order valence-electron chi connectivity index (χ4n) is 2.75. The number of hydrogen-bond donors (Lipinski definition) is 2. The van der Waals surface area contributed by atoms with Gasteiger partial charge >= 0.3 is 6.18 Å². The quantitative estimate of drug-likeness (QED) is 0.237. The minimum atomic E-state index is -4.54. The summed E-state index contributed by atoms with van der Waals surface area (Å²) >= 11 is 8.20. The van der Waals surface area contributed by atoms with Gasteiger partial charge in [-0.05, 0) is 36.1 Å². The number of halogens is 5. The third kappa shape index (κ3) is 4.81. The second-order valence-electron chi connectivity index (χ2n) is 5.97. The first kappa shape index (κ1) is 22.2.